The van der Waals surface area contributed by atoms with Gasteiger partial charge in [0.05, 0.1) is 16.6 Å². The number of rotatable bonds is 6. The van der Waals surface area contributed by atoms with Gasteiger partial charge in [-0.1, -0.05) is 213 Å². The van der Waals surface area contributed by atoms with Gasteiger partial charge in [-0.05, 0) is 253 Å². The Morgan fingerprint density at radius 1 is 0.264 bits per heavy atom. The van der Waals surface area contributed by atoms with Gasteiger partial charge in [0.25, 0.3) is 0 Å². The topological polar surface area (TPSA) is 9.72 Å². The summed E-state index contributed by atoms with van der Waals surface area (Å²) in [5.74, 6) is 0. The molecule has 91 heavy (non-hydrogen) atoms. The molecule has 464 valence electrons. The average Bonchev–Trinajstić information content (AvgIpc) is 1.52. The monoisotopic (exact) mass is 1200 g/mol. The van der Waals surface area contributed by atoms with Crippen molar-refractivity contribution in [3.63, 3.8) is 0 Å². The summed E-state index contributed by atoms with van der Waals surface area (Å²) < 4.78 is 0. The maximum atomic E-state index is 2.76. The molecule has 16 rings (SSSR count). The number of para-hydroxylation sites is 3. The molecular formula is C88H97N3. The van der Waals surface area contributed by atoms with Crippen LogP contribution < -0.4 is 14.7 Å². The zero-order valence-corrected chi connectivity index (χ0v) is 58.0. The molecule has 3 nitrogen and oxygen atoms in total. The smallest absolute Gasteiger partial charge is 0.0528 e. The minimum atomic E-state index is -0.174. The zero-order valence-electron chi connectivity index (χ0n) is 58.0. The van der Waals surface area contributed by atoms with Crippen LogP contribution in [0.3, 0.4) is 0 Å². The fraction of sp³-hybridized carbons (Fsp3) is 0.409. The maximum absolute atomic E-state index is 2.76. The molecule has 6 unspecified atom stereocenters. The summed E-state index contributed by atoms with van der Waals surface area (Å²) in [5, 5.41) is 7.96. The van der Waals surface area contributed by atoms with Crippen molar-refractivity contribution in [1.29, 1.82) is 0 Å². The van der Waals surface area contributed by atoms with E-state index in [0.29, 0.717) is 0 Å². The second kappa shape index (κ2) is 18.3. The molecule has 0 amide bonds. The number of fused-ring (bicyclic) bond motifs is 9. The highest BCUT2D eigenvalue weighted by molar-refractivity contribution is 6.30. The van der Waals surface area contributed by atoms with Gasteiger partial charge in [0.2, 0.25) is 0 Å². The third kappa shape index (κ3) is 7.45. The van der Waals surface area contributed by atoms with Crippen LogP contribution >= 0.6 is 0 Å². The molecule has 6 atom stereocenters. The van der Waals surface area contributed by atoms with Crippen LogP contribution in [0.15, 0.2) is 188 Å². The standard InChI is InChI=1S/C88H97N3/c1-77(2)50-80(7,8)86(16)69-46-57(36-43-72(69)89(83(86,13)53-77)60-28-22-19-23-29-60)63-39-34-56-35-40-65-67(58-37-44-73-70(47-58)87(17)81(9,10)51-78(3,4)54-84(87,14)90(73)61-30-24-20-25-31-61)49-68(66-42-41-64(63)75(56)76(65)66)59-38-45-74-71(48-59)88(18)82(11,12)52-79(5,6)55-85(88,15)91(74)62-32-26-21-27-33-62/h19-49H,50-55H2,1-18H3. The van der Waals surface area contributed by atoms with Crippen molar-refractivity contribution >= 4 is 66.4 Å². The lowest BCUT2D eigenvalue weighted by atomic mass is 9.45. The molecule has 3 fully saturated rings. The molecule has 0 aromatic heterocycles. The minimum absolute atomic E-state index is 0.00779. The van der Waals surface area contributed by atoms with Gasteiger partial charge in [-0.15, -0.1) is 0 Å². The summed E-state index contributed by atoms with van der Waals surface area (Å²) in [7, 11) is 0. The Hall–Kier alpha value is -7.36. The van der Waals surface area contributed by atoms with E-state index in [0.717, 1.165) is 38.5 Å². The normalized spacial score (nSPS) is 29.2. The van der Waals surface area contributed by atoms with Crippen molar-refractivity contribution in [3.05, 3.63) is 205 Å². The third-order valence-corrected chi connectivity index (χ3v) is 27.1. The van der Waals surface area contributed by atoms with Gasteiger partial charge in [-0.2, -0.15) is 0 Å². The highest BCUT2D eigenvalue weighted by atomic mass is 15.3. The second-order valence-corrected chi connectivity index (χ2v) is 35.4. The molecule has 6 aliphatic rings. The fourth-order valence-corrected chi connectivity index (χ4v) is 24.0. The molecule has 0 radical (unpaired) electrons. The lowest BCUT2D eigenvalue weighted by molar-refractivity contribution is -0.0239. The molecule has 10 aromatic carbocycles. The fourth-order valence-electron chi connectivity index (χ4n) is 24.0. The van der Waals surface area contributed by atoms with Gasteiger partial charge in [-0.3, -0.25) is 0 Å². The van der Waals surface area contributed by atoms with Gasteiger partial charge < -0.3 is 14.7 Å². The van der Waals surface area contributed by atoms with Crippen LogP contribution in [0.25, 0.3) is 65.7 Å². The van der Waals surface area contributed by atoms with Crippen molar-refractivity contribution in [2.24, 2.45) is 32.5 Å². The first-order valence-corrected chi connectivity index (χ1v) is 34.5. The minimum Gasteiger partial charge on any atom is -0.334 e. The van der Waals surface area contributed by atoms with E-state index in [4.69, 9.17) is 0 Å². The molecule has 3 saturated carbocycles. The van der Waals surface area contributed by atoms with Crippen LogP contribution in [-0.4, -0.2) is 16.6 Å². The van der Waals surface area contributed by atoms with Gasteiger partial charge in [0, 0.05) is 50.4 Å². The van der Waals surface area contributed by atoms with Gasteiger partial charge in [0.15, 0.2) is 0 Å². The second-order valence-electron chi connectivity index (χ2n) is 35.4. The molecule has 0 saturated heterocycles. The Labute approximate surface area is 544 Å². The Bertz CT molecular complexity index is 4490. The Morgan fingerprint density at radius 3 is 0.901 bits per heavy atom. The lowest BCUT2D eigenvalue weighted by Crippen LogP contribution is -2.65. The Morgan fingerprint density at radius 2 is 0.560 bits per heavy atom. The van der Waals surface area contributed by atoms with Crippen LogP contribution in [0, 0.1) is 32.5 Å². The van der Waals surface area contributed by atoms with Crippen LogP contribution in [-0.2, 0) is 16.2 Å². The molecule has 0 N–H and O–H groups in total. The molecule has 3 heteroatoms. The lowest BCUT2D eigenvalue weighted by Gasteiger charge is -2.62. The number of hydrogen-bond acceptors (Lipinski definition) is 3. The molecule has 0 bridgehead atoms. The van der Waals surface area contributed by atoms with E-state index < -0.39 is 0 Å². The van der Waals surface area contributed by atoms with Crippen LogP contribution in [0.2, 0.25) is 0 Å². The Balaban J connectivity index is 0.956. The third-order valence-electron chi connectivity index (χ3n) is 27.1. The van der Waals surface area contributed by atoms with Gasteiger partial charge in [-0.25, -0.2) is 0 Å². The highest BCUT2D eigenvalue weighted by Gasteiger charge is 2.70. The Kier molecular flexibility index (Phi) is 11.8. The van der Waals surface area contributed by atoms with E-state index in [-0.39, 0.29) is 65.4 Å². The molecule has 3 aliphatic heterocycles. The first-order valence-electron chi connectivity index (χ1n) is 34.5. The van der Waals surface area contributed by atoms with E-state index in [2.05, 4.69) is 327 Å². The number of benzene rings is 10. The molecular weight excluding hydrogens is 1100 g/mol. The van der Waals surface area contributed by atoms with Gasteiger partial charge >= 0.3 is 0 Å². The van der Waals surface area contributed by atoms with E-state index in [1.54, 1.807) is 0 Å². The molecule has 10 aromatic rings. The summed E-state index contributed by atoms with van der Waals surface area (Å²) in [6.45, 7) is 46.2. The predicted octanol–water partition coefficient (Wildman–Crippen LogP) is 24.6. The van der Waals surface area contributed by atoms with Crippen LogP contribution in [0.1, 0.15) is 180 Å². The quantitative estimate of drug-likeness (QED) is 0.154. The summed E-state index contributed by atoms with van der Waals surface area (Å²) in [5.41, 5.74) is 19.6. The number of hydrogen-bond donors (Lipinski definition) is 0. The van der Waals surface area contributed by atoms with Crippen molar-refractivity contribution < 1.29 is 0 Å². The van der Waals surface area contributed by atoms with E-state index in [1.807, 2.05) is 0 Å². The van der Waals surface area contributed by atoms with Crippen molar-refractivity contribution in [3.8, 4) is 33.4 Å². The van der Waals surface area contributed by atoms with Crippen LogP contribution in [0.4, 0.5) is 34.1 Å². The highest BCUT2D eigenvalue weighted by Crippen LogP contribution is 2.74. The van der Waals surface area contributed by atoms with Crippen LogP contribution in [0.5, 0.6) is 0 Å². The van der Waals surface area contributed by atoms with Crippen molar-refractivity contribution in [2.45, 2.75) is 196 Å². The first-order chi connectivity index (χ1) is 42.8. The molecule has 0 spiro atoms. The number of nitrogens with zero attached hydrogens (tertiary/aromatic N) is 3. The first kappa shape index (κ1) is 58.7. The SMILES string of the molecule is CC1(C)CC(C)(C)C2(C)c3cc(-c4ccc5ccc6c(-c7ccc8c(c7)C7(C)C(C)(C)CC(C)(C)CC7(C)N8c7ccccc7)cc(-c7ccc8c(c7)C7(C)C(C)(C)CC(C)(C)CC7(C)N8c7ccccc7)c7ccc4c5c67)ccc3N(c3ccccc3)C2(C)C1. The van der Waals surface area contributed by atoms with E-state index >= 15 is 0 Å². The summed E-state index contributed by atoms with van der Waals surface area (Å²) in [6, 6.07) is 74.3. The average molecular weight is 1200 g/mol. The van der Waals surface area contributed by atoms with Gasteiger partial charge in [0.1, 0.15) is 0 Å². The zero-order chi connectivity index (χ0) is 64.0. The molecule has 3 aliphatic carbocycles. The van der Waals surface area contributed by atoms with Crippen molar-refractivity contribution in [1.82, 2.24) is 0 Å². The maximum Gasteiger partial charge on any atom is 0.0528 e. The summed E-state index contributed by atoms with van der Waals surface area (Å²) >= 11 is 0. The summed E-state index contributed by atoms with van der Waals surface area (Å²) in [4.78, 5) is 8.25. The van der Waals surface area contributed by atoms with E-state index in [1.165, 1.54) is 117 Å². The van der Waals surface area contributed by atoms with Crippen molar-refractivity contribution in [2.75, 3.05) is 14.7 Å². The summed E-state index contributed by atoms with van der Waals surface area (Å²) in [6.07, 6.45) is 6.77. The number of anilines is 6. The van der Waals surface area contributed by atoms with E-state index in [9.17, 15) is 0 Å². The predicted molar refractivity (Wildman–Crippen MR) is 390 cm³/mol. The molecule has 3 heterocycles. The largest absolute Gasteiger partial charge is 0.334 e.